The largest absolute Gasteiger partial charge is 0.289 e. The van der Waals surface area contributed by atoms with Crippen molar-refractivity contribution < 1.29 is 9.59 Å². The fourth-order valence-electron chi connectivity index (χ4n) is 4.94. The third kappa shape index (κ3) is 10.1. The third-order valence-corrected chi connectivity index (χ3v) is 8.67. The van der Waals surface area contributed by atoms with Crippen molar-refractivity contribution in [2.24, 2.45) is 0 Å². The van der Waals surface area contributed by atoms with Crippen LogP contribution in [0, 0.1) is 0 Å². The van der Waals surface area contributed by atoms with E-state index in [9.17, 15) is 9.59 Å². The summed E-state index contributed by atoms with van der Waals surface area (Å²) in [5.74, 6) is -0.291. The highest BCUT2D eigenvalue weighted by Gasteiger charge is 2.21. The van der Waals surface area contributed by atoms with Crippen LogP contribution in [0.15, 0.2) is 63.7 Å². The molecule has 0 N–H and O–H groups in total. The number of aromatic nitrogens is 1. The van der Waals surface area contributed by atoms with Crippen LogP contribution in [-0.4, -0.2) is 16.6 Å². The number of nitrogens with zero attached hydrogens (tertiary/aromatic N) is 1. The lowest BCUT2D eigenvalue weighted by molar-refractivity contribution is 0.102. The predicted molar refractivity (Wildman–Crippen MR) is 174 cm³/mol. The van der Waals surface area contributed by atoms with Crippen molar-refractivity contribution in [2.75, 3.05) is 0 Å². The van der Waals surface area contributed by atoms with E-state index in [2.05, 4.69) is 50.7 Å². The Hall–Kier alpha value is -2.11. The van der Waals surface area contributed by atoms with Gasteiger partial charge in [0.05, 0.1) is 5.56 Å². The van der Waals surface area contributed by atoms with E-state index in [0.717, 1.165) is 12.8 Å². The van der Waals surface area contributed by atoms with Gasteiger partial charge in [-0.25, -0.2) is 4.98 Å². The van der Waals surface area contributed by atoms with Crippen molar-refractivity contribution in [3.63, 3.8) is 0 Å². The smallest absolute Gasteiger partial charge is 0.212 e. The van der Waals surface area contributed by atoms with Crippen molar-refractivity contribution >= 4 is 43.4 Å². The fourth-order valence-corrected chi connectivity index (χ4v) is 5.91. The second-order valence-corrected chi connectivity index (χ2v) is 12.4. The summed E-state index contributed by atoms with van der Waals surface area (Å²) >= 11 is 6.95. The molecule has 3 rings (SSSR count). The van der Waals surface area contributed by atoms with Gasteiger partial charge in [0.15, 0.2) is 5.78 Å². The van der Waals surface area contributed by atoms with Crippen molar-refractivity contribution in [3.05, 3.63) is 97.2 Å². The standard InChI is InChI=1S/C35H43Br2NO2/c1-3-5-7-9-11-13-15-26-17-21-28(22-18-26)33(39)30-25-31(36)32(38-35(30)37)34(40)29-23-19-27(20-24-29)16-14-12-10-8-6-4-2/h17-25H,3-16H2,1-2H3. The minimum Gasteiger partial charge on any atom is -0.289 e. The Balaban J connectivity index is 1.59. The molecule has 40 heavy (non-hydrogen) atoms. The number of aryl methyl sites for hydroxylation is 2. The highest BCUT2D eigenvalue weighted by Crippen LogP contribution is 2.27. The van der Waals surface area contributed by atoms with Gasteiger partial charge in [0, 0.05) is 15.6 Å². The number of carbonyl (C=O) groups excluding carboxylic acids is 2. The van der Waals surface area contributed by atoms with Crippen LogP contribution in [0.1, 0.15) is 134 Å². The second-order valence-electron chi connectivity index (χ2n) is 10.7. The highest BCUT2D eigenvalue weighted by atomic mass is 79.9. The summed E-state index contributed by atoms with van der Waals surface area (Å²) < 4.78 is 0.889. The fraction of sp³-hybridized carbons (Fsp3) is 0.457. The number of carbonyl (C=O) groups is 2. The predicted octanol–water partition coefficient (Wildman–Crippen LogP) is 10.9. The van der Waals surface area contributed by atoms with Crippen LogP contribution in [0.2, 0.25) is 0 Å². The molecule has 0 radical (unpaired) electrons. The van der Waals surface area contributed by atoms with Crippen LogP contribution in [-0.2, 0) is 12.8 Å². The lowest BCUT2D eigenvalue weighted by Gasteiger charge is -2.10. The molecule has 1 heterocycles. The molecule has 1 aromatic heterocycles. The first-order valence-electron chi connectivity index (χ1n) is 15.1. The molecule has 2 aromatic carbocycles. The highest BCUT2D eigenvalue weighted by molar-refractivity contribution is 9.11. The topological polar surface area (TPSA) is 47.0 Å². The van der Waals surface area contributed by atoms with E-state index in [1.165, 1.54) is 88.2 Å². The van der Waals surface area contributed by atoms with Gasteiger partial charge < -0.3 is 0 Å². The summed E-state index contributed by atoms with van der Waals surface area (Å²) in [7, 11) is 0. The molecule has 0 unspecified atom stereocenters. The van der Waals surface area contributed by atoms with Crippen molar-refractivity contribution in [3.8, 4) is 0 Å². The van der Waals surface area contributed by atoms with E-state index in [0.29, 0.717) is 31.5 Å². The van der Waals surface area contributed by atoms with Crippen LogP contribution in [0.4, 0.5) is 0 Å². The van der Waals surface area contributed by atoms with Crippen LogP contribution in [0.3, 0.4) is 0 Å². The molecule has 5 heteroatoms. The van der Waals surface area contributed by atoms with Crippen molar-refractivity contribution in [1.82, 2.24) is 4.98 Å². The molecule has 0 aliphatic carbocycles. The number of halogens is 2. The molecule has 0 spiro atoms. The van der Waals surface area contributed by atoms with Gasteiger partial charge in [-0.2, -0.15) is 0 Å². The van der Waals surface area contributed by atoms with E-state index in [-0.39, 0.29) is 11.6 Å². The maximum Gasteiger partial charge on any atom is 0.212 e. The molecule has 0 bridgehead atoms. The van der Waals surface area contributed by atoms with Gasteiger partial charge in [0.25, 0.3) is 0 Å². The van der Waals surface area contributed by atoms with E-state index >= 15 is 0 Å². The van der Waals surface area contributed by atoms with Gasteiger partial charge in [0.1, 0.15) is 10.3 Å². The summed E-state index contributed by atoms with van der Waals surface area (Å²) in [6.07, 6.45) is 17.3. The number of pyridine rings is 1. The molecule has 0 aliphatic rings. The van der Waals surface area contributed by atoms with Crippen molar-refractivity contribution in [1.29, 1.82) is 0 Å². The third-order valence-electron chi connectivity index (χ3n) is 7.46. The monoisotopic (exact) mass is 667 g/mol. The zero-order valence-electron chi connectivity index (χ0n) is 24.1. The normalized spacial score (nSPS) is 11.1. The maximum absolute atomic E-state index is 13.3. The van der Waals surface area contributed by atoms with E-state index in [1.54, 1.807) is 6.07 Å². The van der Waals surface area contributed by atoms with Gasteiger partial charge in [0.2, 0.25) is 5.78 Å². The molecule has 0 atom stereocenters. The van der Waals surface area contributed by atoms with E-state index in [1.807, 2.05) is 48.5 Å². The Morgan fingerprint density at radius 3 is 1.50 bits per heavy atom. The minimum absolute atomic E-state index is 0.121. The molecule has 0 aliphatic heterocycles. The van der Waals surface area contributed by atoms with Gasteiger partial charge >= 0.3 is 0 Å². The molecule has 0 amide bonds. The zero-order chi connectivity index (χ0) is 28.7. The Labute approximate surface area is 257 Å². The molecule has 0 fully saturated rings. The molecule has 0 saturated carbocycles. The van der Waals surface area contributed by atoms with Crippen LogP contribution in [0.5, 0.6) is 0 Å². The summed E-state index contributed by atoms with van der Waals surface area (Å²) in [5.41, 5.74) is 4.43. The molecule has 3 aromatic rings. The summed E-state index contributed by atoms with van der Waals surface area (Å²) in [4.78, 5) is 31.0. The molecule has 0 saturated heterocycles. The number of hydrogen-bond donors (Lipinski definition) is 0. The van der Waals surface area contributed by atoms with Crippen LogP contribution in [0.25, 0.3) is 0 Å². The number of rotatable bonds is 18. The SMILES string of the molecule is CCCCCCCCc1ccc(C(=O)c2cc(Br)c(C(=O)c3ccc(CCCCCCCC)cc3)nc2Br)cc1. The summed E-state index contributed by atoms with van der Waals surface area (Å²) in [6.45, 7) is 4.47. The first kappa shape index (κ1) is 32.4. The number of ketones is 2. The molecular weight excluding hydrogens is 626 g/mol. The average molecular weight is 670 g/mol. The number of benzene rings is 2. The first-order chi connectivity index (χ1) is 19.4. The lowest BCUT2D eigenvalue weighted by Crippen LogP contribution is -2.10. The zero-order valence-corrected chi connectivity index (χ0v) is 27.3. The minimum atomic E-state index is -0.170. The van der Waals surface area contributed by atoms with Gasteiger partial charge in [-0.05, 0) is 74.7 Å². The summed E-state index contributed by atoms with van der Waals surface area (Å²) in [6, 6.07) is 17.4. The van der Waals surface area contributed by atoms with E-state index < -0.39 is 0 Å². The average Bonchev–Trinajstić information content (AvgIpc) is 2.97. The lowest BCUT2D eigenvalue weighted by atomic mass is 9.99. The molecule has 3 nitrogen and oxygen atoms in total. The van der Waals surface area contributed by atoms with Crippen LogP contribution >= 0.6 is 31.9 Å². The summed E-state index contributed by atoms with van der Waals surface area (Å²) in [5, 5.41) is 0. The van der Waals surface area contributed by atoms with Gasteiger partial charge in [-0.1, -0.05) is 127 Å². The molecular formula is C35H43Br2NO2. The Morgan fingerprint density at radius 1 is 0.600 bits per heavy atom. The first-order valence-corrected chi connectivity index (χ1v) is 16.7. The Bertz CT molecular complexity index is 1120. The number of hydrogen-bond acceptors (Lipinski definition) is 3. The van der Waals surface area contributed by atoms with Crippen molar-refractivity contribution in [2.45, 2.75) is 104 Å². The molecule has 214 valence electrons. The Morgan fingerprint density at radius 2 is 1.02 bits per heavy atom. The maximum atomic E-state index is 13.3. The van der Waals surface area contributed by atoms with E-state index in [4.69, 9.17) is 0 Å². The Kier molecular flexibility index (Phi) is 14.3. The second kappa shape index (κ2) is 17.6. The van der Waals surface area contributed by atoms with Crippen LogP contribution < -0.4 is 0 Å². The quantitative estimate of drug-likeness (QED) is 0.0769. The number of unbranched alkanes of at least 4 members (excludes halogenated alkanes) is 10. The van der Waals surface area contributed by atoms with Gasteiger partial charge in [-0.3, -0.25) is 9.59 Å². The van der Waals surface area contributed by atoms with Gasteiger partial charge in [-0.15, -0.1) is 0 Å².